The van der Waals surface area contributed by atoms with Crippen LogP contribution >= 0.6 is 0 Å². The van der Waals surface area contributed by atoms with Crippen molar-refractivity contribution < 1.29 is 19.2 Å². The highest BCUT2D eigenvalue weighted by Crippen LogP contribution is 2.39. The minimum absolute atomic E-state index is 0.0535. The fourth-order valence-electron chi connectivity index (χ4n) is 3.45. The van der Waals surface area contributed by atoms with E-state index in [0.717, 1.165) is 5.56 Å². The van der Waals surface area contributed by atoms with Crippen LogP contribution in [0.4, 0.5) is 17.1 Å². The minimum atomic E-state index is -0.495. The Bertz CT molecular complexity index is 1250. The molecule has 0 unspecified atom stereocenters. The normalized spacial score (nSPS) is 12.4. The number of carbonyl (C=O) groups excluding carboxylic acids is 2. The largest absolute Gasteiger partial charge is 0.454 e. The molecule has 0 fully saturated rings. The Morgan fingerprint density at radius 1 is 1.03 bits per heavy atom. The first-order valence-corrected chi connectivity index (χ1v) is 9.51. The first kappa shape index (κ1) is 20.1. The number of anilines is 2. The predicted molar refractivity (Wildman–Crippen MR) is 116 cm³/mol. The van der Waals surface area contributed by atoms with Crippen LogP contribution in [-0.2, 0) is 0 Å². The average Bonchev–Trinajstić information content (AvgIpc) is 2.83. The van der Waals surface area contributed by atoms with Crippen LogP contribution in [0.3, 0.4) is 0 Å². The maximum atomic E-state index is 13.0. The zero-order valence-electron chi connectivity index (χ0n) is 17.1. The molecule has 8 nitrogen and oxygen atoms in total. The molecule has 0 aliphatic carbocycles. The van der Waals surface area contributed by atoms with Gasteiger partial charge in [-0.05, 0) is 61.9 Å². The van der Waals surface area contributed by atoms with E-state index in [4.69, 9.17) is 4.74 Å². The Hall–Kier alpha value is -4.20. The molecule has 8 heteroatoms. The van der Waals surface area contributed by atoms with Gasteiger partial charge < -0.3 is 15.0 Å². The van der Waals surface area contributed by atoms with Gasteiger partial charge in [0, 0.05) is 29.9 Å². The summed E-state index contributed by atoms with van der Waals surface area (Å²) in [6.45, 7) is 3.51. The Kier molecular flexibility index (Phi) is 4.90. The van der Waals surface area contributed by atoms with Gasteiger partial charge in [-0.15, -0.1) is 0 Å². The summed E-state index contributed by atoms with van der Waals surface area (Å²) in [5, 5.41) is 13.7. The van der Waals surface area contributed by atoms with E-state index in [1.807, 2.05) is 25.1 Å². The van der Waals surface area contributed by atoms with Crippen LogP contribution in [0.15, 0.2) is 54.6 Å². The molecule has 3 aromatic carbocycles. The fraction of sp³-hybridized carbons (Fsp3) is 0.130. The number of amides is 2. The third kappa shape index (κ3) is 3.71. The summed E-state index contributed by atoms with van der Waals surface area (Å²) in [6.07, 6.45) is 0. The second-order valence-corrected chi connectivity index (χ2v) is 7.36. The molecule has 0 spiro atoms. The maximum Gasteiger partial charge on any atom is 0.272 e. The van der Waals surface area contributed by atoms with Crippen molar-refractivity contribution in [1.82, 2.24) is 0 Å². The summed E-state index contributed by atoms with van der Waals surface area (Å²) < 4.78 is 5.96. The number of nitrogens with one attached hydrogen (secondary N) is 1. The van der Waals surface area contributed by atoms with Crippen LogP contribution < -0.4 is 15.0 Å². The number of hydrogen-bond acceptors (Lipinski definition) is 5. The van der Waals surface area contributed by atoms with E-state index < -0.39 is 10.8 Å². The van der Waals surface area contributed by atoms with Crippen molar-refractivity contribution in [1.29, 1.82) is 0 Å². The lowest BCUT2D eigenvalue weighted by Crippen LogP contribution is -2.25. The molecule has 31 heavy (non-hydrogen) atoms. The van der Waals surface area contributed by atoms with E-state index in [9.17, 15) is 19.7 Å². The topological polar surface area (TPSA) is 102 Å². The summed E-state index contributed by atoms with van der Waals surface area (Å²) in [7, 11) is 1.67. The quantitative estimate of drug-likeness (QED) is 0.485. The number of nitro benzene ring substituents is 1. The van der Waals surface area contributed by atoms with Gasteiger partial charge in [-0.3, -0.25) is 19.7 Å². The van der Waals surface area contributed by atoms with E-state index in [2.05, 4.69) is 5.32 Å². The van der Waals surface area contributed by atoms with E-state index in [1.54, 1.807) is 32.2 Å². The summed E-state index contributed by atoms with van der Waals surface area (Å²) in [5.41, 5.74) is 2.99. The Morgan fingerprint density at radius 2 is 1.77 bits per heavy atom. The molecule has 1 aliphatic rings. The summed E-state index contributed by atoms with van der Waals surface area (Å²) in [5.74, 6) is 0.260. The van der Waals surface area contributed by atoms with Crippen LogP contribution in [0, 0.1) is 24.0 Å². The number of aryl methyl sites for hydroxylation is 2. The third-order valence-electron chi connectivity index (χ3n) is 5.12. The van der Waals surface area contributed by atoms with Gasteiger partial charge in [0.05, 0.1) is 16.2 Å². The number of benzene rings is 3. The lowest BCUT2D eigenvalue weighted by Gasteiger charge is -2.16. The van der Waals surface area contributed by atoms with Crippen molar-refractivity contribution >= 4 is 28.9 Å². The summed E-state index contributed by atoms with van der Waals surface area (Å²) in [4.78, 5) is 37.7. The lowest BCUT2D eigenvalue weighted by atomic mass is 10.1. The smallest absolute Gasteiger partial charge is 0.272 e. The number of carbonyl (C=O) groups is 2. The molecule has 1 N–H and O–H groups in total. The van der Waals surface area contributed by atoms with Crippen LogP contribution in [0.1, 0.15) is 31.8 Å². The molecule has 156 valence electrons. The maximum absolute atomic E-state index is 13.0. The highest BCUT2D eigenvalue weighted by molar-refractivity contribution is 6.11. The van der Waals surface area contributed by atoms with Crippen molar-refractivity contribution in [2.45, 2.75) is 13.8 Å². The molecule has 3 aromatic rings. The van der Waals surface area contributed by atoms with Crippen LogP contribution in [0.2, 0.25) is 0 Å². The number of nitrogens with zero attached hydrogens (tertiary/aromatic N) is 2. The molecule has 1 heterocycles. The summed E-state index contributed by atoms with van der Waals surface area (Å²) in [6, 6.07) is 14.6. The zero-order chi connectivity index (χ0) is 22.3. The number of fused-ring (bicyclic) bond motifs is 2. The van der Waals surface area contributed by atoms with E-state index in [1.165, 1.54) is 23.1 Å². The summed E-state index contributed by atoms with van der Waals surface area (Å²) >= 11 is 0. The van der Waals surface area contributed by atoms with Crippen molar-refractivity contribution in [2.75, 3.05) is 17.3 Å². The lowest BCUT2D eigenvalue weighted by molar-refractivity contribution is -0.385. The van der Waals surface area contributed by atoms with Crippen molar-refractivity contribution in [3.8, 4) is 11.5 Å². The predicted octanol–water partition coefficient (Wildman–Crippen LogP) is 4.85. The van der Waals surface area contributed by atoms with E-state index in [0.29, 0.717) is 34.0 Å². The Labute approximate surface area is 178 Å². The molecule has 0 saturated heterocycles. The van der Waals surface area contributed by atoms with E-state index >= 15 is 0 Å². The molecule has 0 bridgehead atoms. The van der Waals surface area contributed by atoms with Gasteiger partial charge in [0.2, 0.25) is 0 Å². The van der Waals surface area contributed by atoms with Gasteiger partial charge in [-0.2, -0.15) is 0 Å². The van der Waals surface area contributed by atoms with Crippen LogP contribution in [0.25, 0.3) is 0 Å². The molecule has 0 saturated carbocycles. The SMILES string of the molecule is Cc1ccc2c(c1)N(C)C(=O)c1cc(NC(=O)c3ccc([N+](=O)[O-])c(C)c3)ccc1O2. The highest BCUT2D eigenvalue weighted by atomic mass is 16.6. The number of nitro groups is 1. The number of ether oxygens (including phenoxy) is 1. The first-order chi connectivity index (χ1) is 14.7. The standard InChI is InChI=1S/C23H19N3O5/c1-13-4-8-21-19(10-13)25(3)23(28)17-12-16(6-9-20(17)31-21)24-22(27)15-5-7-18(26(29)30)14(2)11-15/h4-12H,1-3H3,(H,24,27). The van der Waals surface area contributed by atoms with Gasteiger partial charge in [-0.25, -0.2) is 0 Å². The number of hydrogen-bond donors (Lipinski definition) is 1. The molecule has 0 atom stereocenters. The van der Waals surface area contributed by atoms with Crippen LogP contribution in [-0.4, -0.2) is 23.8 Å². The first-order valence-electron chi connectivity index (χ1n) is 9.51. The average molecular weight is 417 g/mol. The second kappa shape index (κ2) is 7.56. The van der Waals surface area contributed by atoms with Crippen LogP contribution in [0.5, 0.6) is 11.5 Å². The highest BCUT2D eigenvalue weighted by Gasteiger charge is 2.26. The molecule has 4 rings (SSSR count). The molecule has 0 radical (unpaired) electrons. The van der Waals surface area contributed by atoms with Gasteiger partial charge in [-0.1, -0.05) is 6.07 Å². The van der Waals surface area contributed by atoms with Crippen molar-refractivity contribution in [3.05, 3.63) is 87.0 Å². The minimum Gasteiger partial charge on any atom is -0.454 e. The second-order valence-electron chi connectivity index (χ2n) is 7.36. The monoisotopic (exact) mass is 417 g/mol. The third-order valence-corrected chi connectivity index (χ3v) is 5.12. The van der Waals surface area contributed by atoms with Gasteiger partial charge in [0.1, 0.15) is 5.75 Å². The molecular formula is C23H19N3O5. The number of rotatable bonds is 3. The Balaban J connectivity index is 1.63. The fourth-order valence-corrected chi connectivity index (χ4v) is 3.45. The molecule has 0 aromatic heterocycles. The van der Waals surface area contributed by atoms with Gasteiger partial charge >= 0.3 is 0 Å². The van der Waals surface area contributed by atoms with Crippen molar-refractivity contribution in [2.24, 2.45) is 0 Å². The molecular weight excluding hydrogens is 398 g/mol. The molecule has 2 amide bonds. The van der Waals surface area contributed by atoms with Crippen molar-refractivity contribution in [3.63, 3.8) is 0 Å². The zero-order valence-corrected chi connectivity index (χ0v) is 17.1. The molecule has 1 aliphatic heterocycles. The van der Waals surface area contributed by atoms with E-state index in [-0.39, 0.29) is 17.2 Å². The Morgan fingerprint density at radius 3 is 2.48 bits per heavy atom. The van der Waals surface area contributed by atoms with Gasteiger partial charge in [0.15, 0.2) is 5.75 Å². The van der Waals surface area contributed by atoms with Gasteiger partial charge in [0.25, 0.3) is 17.5 Å².